The van der Waals surface area contributed by atoms with Crippen LogP contribution < -0.4 is 0 Å². The van der Waals surface area contributed by atoms with E-state index in [-0.39, 0.29) is 5.84 Å². The van der Waals surface area contributed by atoms with Gasteiger partial charge in [0.15, 0.2) is 5.66 Å². The number of aliphatic hydroxyl groups excluding tert-OH is 1. The molecule has 0 aromatic carbocycles. The zero-order chi connectivity index (χ0) is 13.5. The van der Waals surface area contributed by atoms with Gasteiger partial charge < -0.3 is 10.0 Å². The van der Waals surface area contributed by atoms with E-state index >= 15 is 0 Å². The summed E-state index contributed by atoms with van der Waals surface area (Å²) in [6.07, 6.45) is 0.303. The predicted octanol–water partition coefficient (Wildman–Crippen LogP) is 0.717. The van der Waals surface area contributed by atoms with Crippen molar-refractivity contribution in [2.24, 2.45) is 0 Å². The third-order valence-electron chi connectivity index (χ3n) is 3.65. The highest BCUT2D eigenvalue weighted by molar-refractivity contribution is 5.98. The molecule has 1 unspecified atom stereocenters. The van der Waals surface area contributed by atoms with Gasteiger partial charge in [-0.05, 0) is 13.3 Å². The predicted molar refractivity (Wildman–Crippen MR) is 61.7 cm³/mol. The Labute approximate surface area is 103 Å². The lowest BCUT2D eigenvalue weighted by atomic mass is 10.1. The summed E-state index contributed by atoms with van der Waals surface area (Å²) in [7, 11) is 0. The lowest BCUT2D eigenvalue weighted by Gasteiger charge is -2.35. The topological polar surface area (TPSA) is 93.7 Å². The van der Waals surface area contributed by atoms with Gasteiger partial charge in [0, 0.05) is 19.6 Å². The molecule has 0 aliphatic carbocycles. The Balaban J connectivity index is 2.36. The Bertz CT molecular complexity index is 439. The van der Waals surface area contributed by atoms with Crippen LogP contribution in [0.15, 0.2) is 11.5 Å². The summed E-state index contributed by atoms with van der Waals surface area (Å²) in [5.41, 5.74) is -1.63. The molecular formula is C10H15FN4O3. The number of nitrogens with zero attached hydrogens (tertiary/aromatic N) is 3. The number of hydrogen-bond donors (Lipinski definition) is 2. The number of amidine groups is 1. The fraction of sp³-hybridized carbons (Fsp3) is 0.700. The van der Waals surface area contributed by atoms with Gasteiger partial charge in [0.05, 0.1) is 11.6 Å². The zero-order valence-corrected chi connectivity index (χ0v) is 10.0. The van der Waals surface area contributed by atoms with Crippen molar-refractivity contribution in [2.75, 3.05) is 26.3 Å². The maximum absolute atomic E-state index is 12.2. The van der Waals surface area contributed by atoms with Crippen LogP contribution in [0.2, 0.25) is 0 Å². The first-order chi connectivity index (χ1) is 8.44. The van der Waals surface area contributed by atoms with E-state index in [9.17, 15) is 19.6 Å². The summed E-state index contributed by atoms with van der Waals surface area (Å²) >= 11 is 0. The van der Waals surface area contributed by atoms with Gasteiger partial charge in [-0.1, -0.05) is 0 Å². The van der Waals surface area contributed by atoms with Crippen molar-refractivity contribution in [3.05, 3.63) is 21.6 Å². The Morgan fingerprint density at radius 2 is 2.28 bits per heavy atom. The van der Waals surface area contributed by atoms with Crippen LogP contribution in [0.5, 0.6) is 0 Å². The minimum atomic E-state index is -1.07. The molecule has 2 aliphatic heterocycles. The van der Waals surface area contributed by atoms with Gasteiger partial charge in [-0.15, -0.1) is 0 Å². The quantitative estimate of drug-likeness (QED) is 0.572. The summed E-state index contributed by atoms with van der Waals surface area (Å²) in [4.78, 5) is 13.4. The Hall–Kier alpha value is -1.70. The zero-order valence-electron chi connectivity index (χ0n) is 10.0. The molecule has 1 fully saturated rings. The fourth-order valence-corrected chi connectivity index (χ4v) is 2.65. The average molecular weight is 258 g/mol. The van der Waals surface area contributed by atoms with Crippen LogP contribution in [-0.2, 0) is 0 Å². The molecule has 1 atom stereocenters. The molecule has 0 aromatic heterocycles. The highest BCUT2D eigenvalue weighted by Crippen LogP contribution is 2.40. The van der Waals surface area contributed by atoms with E-state index in [0.29, 0.717) is 26.1 Å². The second kappa shape index (κ2) is 4.20. The first kappa shape index (κ1) is 12.7. The van der Waals surface area contributed by atoms with Gasteiger partial charge in [0.25, 0.3) is 0 Å². The van der Waals surface area contributed by atoms with Crippen molar-refractivity contribution >= 4 is 5.84 Å². The van der Waals surface area contributed by atoms with Crippen molar-refractivity contribution < 1.29 is 14.4 Å². The first-order valence-electron chi connectivity index (χ1n) is 5.70. The van der Waals surface area contributed by atoms with E-state index in [4.69, 9.17) is 5.41 Å². The van der Waals surface area contributed by atoms with Crippen molar-refractivity contribution in [2.45, 2.75) is 19.0 Å². The molecule has 18 heavy (non-hydrogen) atoms. The third kappa shape index (κ3) is 1.48. The highest BCUT2D eigenvalue weighted by Gasteiger charge is 2.58. The lowest BCUT2D eigenvalue weighted by molar-refractivity contribution is -0.418. The summed E-state index contributed by atoms with van der Waals surface area (Å²) < 4.78 is 12.2. The first-order valence-corrected chi connectivity index (χ1v) is 5.70. The Kier molecular flexibility index (Phi) is 2.97. The Morgan fingerprint density at radius 3 is 2.83 bits per heavy atom. The summed E-state index contributed by atoms with van der Waals surface area (Å²) in [5, 5.41) is 28.7. The van der Waals surface area contributed by atoms with Gasteiger partial charge in [0.1, 0.15) is 0 Å². The van der Waals surface area contributed by atoms with Crippen LogP contribution in [0, 0.1) is 15.5 Å². The van der Waals surface area contributed by atoms with Gasteiger partial charge in [-0.25, -0.2) is 0 Å². The second-order valence-electron chi connectivity index (χ2n) is 4.50. The molecule has 2 heterocycles. The van der Waals surface area contributed by atoms with Crippen molar-refractivity contribution in [1.29, 1.82) is 5.41 Å². The molecule has 0 radical (unpaired) electrons. The normalized spacial score (nSPS) is 28.1. The van der Waals surface area contributed by atoms with Gasteiger partial charge in [-0.2, -0.15) is 0 Å². The number of aliphatic hydroxyl groups is 1. The van der Waals surface area contributed by atoms with Crippen LogP contribution in [0.25, 0.3) is 0 Å². The molecule has 0 amide bonds. The average Bonchev–Trinajstić information content (AvgIpc) is 2.72. The summed E-state index contributed by atoms with van der Waals surface area (Å²) in [6.45, 7) is 2.51. The molecular weight excluding hydrogens is 243 g/mol. The smallest absolute Gasteiger partial charge is 0.351 e. The van der Waals surface area contributed by atoms with E-state index in [2.05, 4.69) is 0 Å². The van der Waals surface area contributed by atoms with Crippen LogP contribution in [-0.4, -0.2) is 57.6 Å². The number of alkyl halides is 1. The molecule has 100 valence electrons. The van der Waals surface area contributed by atoms with Crippen LogP contribution in [0.1, 0.15) is 13.3 Å². The van der Waals surface area contributed by atoms with E-state index in [1.165, 1.54) is 4.90 Å². The van der Waals surface area contributed by atoms with Crippen LogP contribution in [0.4, 0.5) is 4.39 Å². The molecule has 1 saturated heterocycles. The van der Waals surface area contributed by atoms with E-state index < -0.39 is 28.7 Å². The molecule has 0 spiro atoms. The number of halogens is 1. The molecule has 2 N–H and O–H groups in total. The molecule has 7 nitrogen and oxygen atoms in total. The van der Waals surface area contributed by atoms with Crippen molar-refractivity contribution in [1.82, 2.24) is 9.80 Å². The number of nitrogens with one attached hydrogen (secondary N) is 1. The number of fused-ring (bicyclic) bond motifs is 1. The minimum Gasteiger partial charge on any atom is -0.503 e. The van der Waals surface area contributed by atoms with Gasteiger partial charge in [-0.3, -0.25) is 24.8 Å². The second-order valence-corrected chi connectivity index (χ2v) is 4.50. The van der Waals surface area contributed by atoms with Crippen molar-refractivity contribution in [3.8, 4) is 0 Å². The summed E-state index contributed by atoms with van der Waals surface area (Å²) in [5.74, 6) is -0.698. The standard InChI is InChI=1S/C10H15FN4O3/c1-10-8(16)7(15(17)18)9(12)14(10)6-5-13(10)4-2-3-11/h12,16H,2-6H2,1H3. The number of hydrogen-bond acceptors (Lipinski definition) is 5. The largest absolute Gasteiger partial charge is 0.503 e. The van der Waals surface area contributed by atoms with Gasteiger partial charge in [0.2, 0.25) is 11.6 Å². The highest BCUT2D eigenvalue weighted by atomic mass is 19.1. The van der Waals surface area contributed by atoms with Crippen LogP contribution >= 0.6 is 0 Å². The number of rotatable bonds is 4. The Morgan fingerprint density at radius 1 is 1.61 bits per heavy atom. The molecule has 0 aromatic rings. The van der Waals surface area contributed by atoms with Crippen LogP contribution in [0.3, 0.4) is 0 Å². The fourth-order valence-electron chi connectivity index (χ4n) is 2.65. The number of nitro groups is 1. The molecule has 0 bridgehead atoms. The van der Waals surface area contributed by atoms with E-state index in [0.717, 1.165) is 0 Å². The third-order valence-corrected chi connectivity index (χ3v) is 3.65. The van der Waals surface area contributed by atoms with E-state index in [1.807, 2.05) is 0 Å². The molecule has 2 aliphatic rings. The maximum Gasteiger partial charge on any atom is 0.351 e. The van der Waals surface area contributed by atoms with Crippen molar-refractivity contribution in [3.63, 3.8) is 0 Å². The molecule has 8 heteroatoms. The lowest BCUT2D eigenvalue weighted by Crippen LogP contribution is -2.50. The van der Waals surface area contributed by atoms with Gasteiger partial charge >= 0.3 is 5.70 Å². The SMILES string of the molecule is CC12C(O)=C([N+](=O)[O-])C(=N)N1CCN2CCCF. The molecule has 2 rings (SSSR count). The summed E-state index contributed by atoms with van der Waals surface area (Å²) in [6, 6.07) is 0. The van der Waals surface area contributed by atoms with E-state index in [1.54, 1.807) is 11.8 Å². The molecule has 0 saturated carbocycles. The monoisotopic (exact) mass is 258 g/mol. The maximum atomic E-state index is 12.2. The minimum absolute atomic E-state index is 0.275.